The van der Waals surface area contributed by atoms with Crippen LogP contribution in [0, 0.1) is 5.41 Å². The van der Waals surface area contributed by atoms with E-state index in [0.29, 0.717) is 11.1 Å². The van der Waals surface area contributed by atoms with E-state index in [4.69, 9.17) is 0 Å². The van der Waals surface area contributed by atoms with E-state index in [-0.39, 0.29) is 11.5 Å². The molecule has 0 bridgehead atoms. The molecule has 0 aromatic carbocycles. The summed E-state index contributed by atoms with van der Waals surface area (Å²) in [7, 11) is 0. The number of hydrogen-bond acceptors (Lipinski definition) is 2. The Kier molecular flexibility index (Phi) is 3.55. The number of H-pyrrole nitrogens is 1. The van der Waals surface area contributed by atoms with Crippen molar-refractivity contribution >= 4 is 5.91 Å². The van der Waals surface area contributed by atoms with Gasteiger partial charge in [0.15, 0.2) is 0 Å². The van der Waals surface area contributed by atoms with Crippen LogP contribution in [-0.2, 0) is 0 Å². The van der Waals surface area contributed by atoms with Gasteiger partial charge < -0.3 is 9.88 Å². The Morgan fingerprint density at radius 2 is 2.06 bits per heavy atom. The highest BCUT2D eigenvalue weighted by molar-refractivity contribution is 5.92. The highest BCUT2D eigenvalue weighted by Gasteiger charge is 2.26. The largest absolute Gasteiger partial charge is 0.337 e. The van der Waals surface area contributed by atoms with Crippen LogP contribution in [0.15, 0.2) is 23.0 Å². The van der Waals surface area contributed by atoms with Gasteiger partial charge in [0, 0.05) is 19.2 Å². The molecule has 1 N–H and O–H groups in total. The van der Waals surface area contributed by atoms with Crippen molar-refractivity contribution in [1.29, 1.82) is 0 Å². The lowest BCUT2D eigenvalue weighted by molar-refractivity contribution is 0.0751. The van der Waals surface area contributed by atoms with Crippen molar-refractivity contribution in [2.45, 2.75) is 33.1 Å². The van der Waals surface area contributed by atoms with E-state index in [1.807, 2.05) is 4.90 Å². The van der Waals surface area contributed by atoms with Crippen LogP contribution in [0.3, 0.4) is 0 Å². The fourth-order valence-electron chi connectivity index (χ4n) is 2.37. The maximum absolute atomic E-state index is 12.3. The Morgan fingerprint density at radius 3 is 2.78 bits per heavy atom. The highest BCUT2D eigenvalue weighted by atomic mass is 16.2. The van der Waals surface area contributed by atoms with Gasteiger partial charge in [0.05, 0.1) is 0 Å². The second kappa shape index (κ2) is 4.96. The van der Waals surface area contributed by atoms with Crippen LogP contribution in [0.2, 0.25) is 0 Å². The van der Waals surface area contributed by atoms with E-state index >= 15 is 0 Å². The molecule has 0 aliphatic carbocycles. The minimum Gasteiger partial charge on any atom is -0.337 e. The van der Waals surface area contributed by atoms with Crippen LogP contribution in [0.5, 0.6) is 0 Å². The second-order valence-corrected chi connectivity index (χ2v) is 5.74. The molecule has 2 heterocycles. The number of pyridine rings is 1. The van der Waals surface area contributed by atoms with Gasteiger partial charge in [0.25, 0.3) is 5.91 Å². The number of amides is 1. The maximum Gasteiger partial charge on any atom is 0.270 e. The zero-order valence-corrected chi connectivity index (χ0v) is 11.0. The minimum absolute atomic E-state index is 0.0644. The van der Waals surface area contributed by atoms with Crippen molar-refractivity contribution in [3.63, 3.8) is 0 Å². The zero-order valence-electron chi connectivity index (χ0n) is 11.0. The van der Waals surface area contributed by atoms with E-state index in [1.54, 1.807) is 12.1 Å². The van der Waals surface area contributed by atoms with Crippen LogP contribution in [-0.4, -0.2) is 28.9 Å². The molecule has 0 spiro atoms. The summed E-state index contributed by atoms with van der Waals surface area (Å²) in [6.45, 7) is 6.03. The molecule has 1 aromatic heterocycles. The molecule has 1 aromatic rings. The fraction of sp³-hybridized carbons (Fsp3) is 0.571. The molecule has 1 fully saturated rings. The number of nitrogens with one attached hydrogen (secondary N) is 1. The lowest BCUT2D eigenvalue weighted by atomic mass is 9.85. The summed E-state index contributed by atoms with van der Waals surface area (Å²) in [5.74, 6) is -0.0644. The van der Waals surface area contributed by atoms with Crippen molar-refractivity contribution in [1.82, 2.24) is 9.88 Å². The third-order valence-corrected chi connectivity index (χ3v) is 3.63. The van der Waals surface area contributed by atoms with Crippen molar-refractivity contribution in [2.75, 3.05) is 13.1 Å². The molecule has 0 radical (unpaired) electrons. The van der Waals surface area contributed by atoms with E-state index < -0.39 is 0 Å². The van der Waals surface area contributed by atoms with E-state index in [1.165, 1.54) is 6.07 Å². The Labute approximate surface area is 107 Å². The van der Waals surface area contributed by atoms with Gasteiger partial charge in [0.2, 0.25) is 5.56 Å². The summed E-state index contributed by atoms with van der Waals surface area (Å²) in [4.78, 5) is 27.9. The third kappa shape index (κ3) is 3.00. The van der Waals surface area contributed by atoms with Gasteiger partial charge >= 0.3 is 0 Å². The molecule has 0 saturated carbocycles. The standard InChI is InChI=1S/C14H20N2O2/c1-14(2)7-4-9-16(10-8-14)13(18)11-5-3-6-12(17)15-11/h3,5-6H,4,7-10H2,1-2H3,(H,15,17). The lowest BCUT2D eigenvalue weighted by Crippen LogP contribution is -2.33. The van der Waals surface area contributed by atoms with Crippen molar-refractivity contribution in [3.8, 4) is 0 Å². The molecule has 1 aliphatic rings. The molecule has 0 atom stereocenters. The Hall–Kier alpha value is -1.58. The van der Waals surface area contributed by atoms with E-state index in [2.05, 4.69) is 18.8 Å². The SMILES string of the molecule is CC1(C)CCCN(C(=O)c2cccc(=O)[nH]2)CC1. The molecule has 2 rings (SSSR count). The Bertz CT molecular complexity index is 491. The number of likely N-dealkylation sites (tertiary alicyclic amines) is 1. The first-order valence-corrected chi connectivity index (χ1v) is 6.47. The normalized spacial score (nSPS) is 19.3. The van der Waals surface area contributed by atoms with Crippen LogP contribution in [0.1, 0.15) is 43.6 Å². The number of aromatic amines is 1. The number of aromatic nitrogens is 1. The molecule has 4 nitrogen and oxygen atoms in total. The Balaban J connectivity index is 2.12. The first-order valence-electron chi connectivity index (χ1n) is 6.47. The van der Waals surface area contributed by atoms with Crippen LogP contribution < -0.4 is 5.56 Å². The summed E-state index contributed by atoms with van der Waals surface area (Å²) >= 11 is 0. The second-order valence-electron chi connectivity index (χ2n) is 5.74. The van der Waals surface area contributed by atoms with Gasteiger partial charge in [-0.15, -0.1) is 0 Å². The predicted octanol–water partition coefficient (Wildman–Crippen LogP) is 2.03. The summed E-state index contributed by atoms with van der Waals surface area (Å²) in [5.41, 5.74) is 0.470. The van der Waals surface area contributed by atoms with Crippen molar-refractivity contribution in [3.05, 3.63) is 34.2 Å². The molecule has 18 heavy (non-hydrogen) atoms. The minimum atomic E-state index is -0.226. The number of rotatable bonds is 1. The van der Waals surface area contributed by atoms with Gasteiger partial charge in [-0.2, -0.15) is 0 Å². The van der Waals surface area contributed by atoms with E-state index in [9.17, 15) is 9.59 Å². The van der Waals surface area contributed by atoms with Gasteiger partial charge in [0.1, 0.15) is 5.69 Å². The highest BCUT2D eigenvalue weighted by Crippen LogP contribution is 2.30. The molecular weight excluding hydrogens is 228 g/mol. The summed E-state index contributed by atoms with van der Waals surface area (Å²) in [6, 6.07) is 4.70. The summed E-state index contributed by atoms with van der Waals surface area (Å²) < 4.78 is 0. The molecular formula is C14H20N2O2. The van der Waals surface area contributed by atoms with E-state index in [0.717, 1.165) is 32.4 Å². The lowest BCUT2D eigenvalue weighted by Gasteiger charge is -2.23. The van der Waals surface area contributed by atoms with Gasteiger partial charge in [-0.3, -0.25) is 9.59 Å². The number of hydrogen-bond donors (Lipinski definition) is 1. The molecule has 1 amide bonds. The summed E-state index contributed by atoms with van der Waals surface area (Å²) in [5, 5.41) is 0. The zero-order chi connectivity index (χ0) is 13.2. The number of nitrogens with zero attached hydrogens (tertiary/aromatic N) is 1. The topological polar surface area (TPSA) is 53.2 Å². The van der Waals surface area contributed by atoms with Crippen LogP contribution >= 0.6 is 0 Å². The van der Waals surface area contributed by atoms with Gasteiger partial charge in [-0.25, -0.2) is 0 Å². The average molecular weight is 248 g/mol. The third-order valence-electron chi connectivity index (χ3n) is 3.63. The fourth-order valence-corrected chi connectivity index (χ4v) is 2.37. The van der Waals surface area contributed by atoms with Gasteiger partial charge in [-0.1, -0.05) is 19.9 Å². The molecule has 0 unspecified atom stereocenters. The smallest absolute Gasteiger partial charge is 0.270 e. The van der Waals surface area contributed by atoms with Crippen molar-refractivity contribution < 1.29 is 4.79 Å². The molecule has 98 valence electrons. The van der Waals surface area contributed by atoms with Crippen LogP contribution in [0.4, 0.5) is 0 Å². The molecule has 4 heteroatoms. The molecule has 1 aliphatic heterocycles. The predicted molar refractivity (Wildman–Crippen MR) is 70.6 cm³/mol. The monoisotopic (exact) mass is 248 g/mol. The Morgan fingerprint density at radius 1 is 1.28 bits per heavy atom. The maximum atomic E-state index is 12.3. The number of carbonyl (C=O) groups excluding carboxylic acids is 1. The van der Waals surface area contributed by atoms with Crippen molar-refractivity contribution in [2.24, 2.45) is 5.41 Å². The quantitative estimate of drug-likeness (QED) is 0.826. The first-order chi connectivity index (χ1) is 8.48. The average Bonchev–Trinajstić information content (AvgIpc) is 2.49. The summed E-state index contributed by atoms with van der Waals surface area (Å²) in [6.07, 6.45) is 3.17. The first kappa shape index (κ1) is 12.9. The van der Waals surface area contributed by atoms with Crippen LogP contribution in [0.25, 0.3) is 0 Å². The number of carbonyl (C=O) groups is 1. The van der Waals surface area contributed by atoms with Gasteiger partial charge in [-0.05, 0) is 30.7 Å². The molecule has 1 saturated heterocycles.